The van der Waals surface area contributed by atoms with E-state index in [0.717, 1.165) is 37.3 Å². The Morgan fingerprint density at radius 3 is 2.76 bits per heavy atom. The van der Waals surface area contributed by atoms with Gasteiger partial charge in [-0.15, -0.1) is 0 Å². The van der Waals surface area contributed by atoms with Crippen LogP contribution in [0.15, 0.2) is 18.3 Å². The first-order valence-corrected chi connectivity index (χ1v) is 9.49. The first-order valence-electron chi connectivity index (χ1n) is 9.49. The first-order chi connectivity index (χ1) is 11.8. The molecule has 5 nitrogen and oxygen atoms in total. The van der Waals surface area contributed by atoms with Crippen LogP contribution >= 0.6 is 0 Å². The smallest absolute Gasteiger partial charge is 0.416 e. The molecule has 1 saturated heterocycles. The van der Waals surface area contributed by atoms with E-state index in [4.69, 9.17) is 4.74 Å². The maximum absolute atomic E-state index is 12.9. The fraction of sp³-hybridized carbons (Fsp3) is 0.700. The Balaban J connectivity index is 2.42. The van der Waals surface area contributed by atoms with Crippen LogP contribution in [0.5, 0.6) is 0 Å². The number of hydrogen-bond donors (Lipinski definition) is 0. The van der Waals surface area contributed by atoms with Gasteiger partial charge in [0.1, 0.15) is 11.4 Å². The van der Waals surface area contributed by atoms with Gasteiger partial charge in [-0.3, -0.25) is 9.80 Å². The lowest BCUT2D eigenvalue weighted by molar-refractivity contribution is 0.0565. The van der Waals surface area contributed by atoms with Gasteiger partial charge in [0.25, 0.3) is 0 Å². The number of aromatic nitrogens is 1. The first kappa shape index (κ1) is 19.7. The van der Waals surface area contributed by atoms with E-state index in [9.17, 15) is 4.79 Å². The van der Waals surface area contributed by atoms with Gasteiger partial charge in [-0.25, -0.2) is 9.78 Å². The van der Waals surface area contributed by atoms with Gasteiger partial charge in [0.05, 0.1) is 0 Å². The van der Waals surface area contributed by atoms with Gasteiger partial charge in [-0.1, -0.05) is 19.9 Å². The van der Waals surface area contributed by atoms with Crippen molar-refractivity contribution in [3.8, 4) is 0 Å². The summed E-state index contributed by atoms with van der Waals surface area (Å²) in [5.41, 5.74) is 0.605. The van der Waals surface area contributed by atoms with Crippen molar-refractivity contribution >= 4 is 11.9 Å². The molecule has 0 aliphatic carbocycles. The molecule has 5 heteroatoms. The van der Waals surface area contributed by atoms with Gasteiger partial charge in [0.15, 0.2) is 0 Å². The van der Waals surface area contributed by atoms with Crippen LogP contribution in [0.25, 0.3) is 0 Å². The van der Waals surface area contributed by atoms with Crippen molar-refractivity contribution in [3.05, 3.63) is 23.9 Å². The lowest BCUT2D eigenvalue weighted by Crippen LogP contribution is -2.43. The number of amides is 1. The van der Waals surface area contributed by atoms with Crippen LogP contribution in [0.2, 0.25) is 0 Å². The molecule has 1 aromatic heterocycles. The molecule has 0 bridgehead atoms. The Morgan fingerprint density at radius 1 is 1.44 bits per heavy atom. The molecule has 1 fully saturated rings. The highest BCUT2D eigenvalue weighted by molar-refractivity contribution is 5.88. The van der Waals surface area contributed by atoms with Gasteiger partial charge in [-0.05, 0) is 66.1 Å². The van der Waals surface area contributed by atoms with Gasteiger partial charge in [0, 0.05) is 23.8 Å². The van der Waals surface area contributed by atoms with Crippen molar-refractivity contribution < 1.29 is 9.53 Å². The van der Waals surface area contributed by atoms with Gasteiger partial charge < -0.3 is 4.74 Å². The average molecular weight is 348 g/mol. The minimum atomic E-state index is -0.527. The van der Waals surface area contributed by atoms with Crippen LogP contribution in [-0.4, -0.2) is 40.7 Å². The highest BCUT2D eigenvalue weighted by atomic mass is 16.6. The third kappa shape index (κ3) is 4.72. The number of hydrogen-bond acceptors (Lipinski definition) is 4. The minimum Gasteiger partial charge on any atom is -0.443 e. The molecule has 140 valence electrons. The molecule has 1 aliphatic heterocycles. The Hall–Kier alpha value is -1.62. The van der Waals surface area contributed by atoms with Crippen molar-refractivity contribution in [2.45, 2.75) is 78.5 Å². The second kappa shape index (κ2) is 8.17. The van der Waals surface area contributed by atoms with Crippen molar-refractivity contribution in [1.29, 1.82) is 0 Å². The molecular formula is C20H33N3O2. The van der Waals surface area contributed by atoms with E-state index in [1.54, 1.807) is 11.1 Å². The van der Waals surface area contributed by atoms with Crippen LogP contribution in [0.4, 0.5) is 10.6 Å². The predicted molar refractivity (Wildman–Crippen MR) is 102 cm³/mol. The summed E-state index contributed by atoms with van der Waals surface area (Å²) in [6, 6.07) is 4.43. The summed E-state index contributed by atoms with van der Waals surface area (Å²) >= 11 is 0. The highest BCUT2D eigenvalue weighted by Crippen LogP contribution is 2.37. The molecule has 0 N–H and O–H groups in total. The van der Waals surface area contributed by atoms with Crippen molar-refractivity contribution in [2.24, 2.45) is 0 Å². The molecule has 0 saturated carbocycles. The second-order valence-corrected chi connectivity index (χ2v) is 7.81. The molecule has 1 amide bonds. The molecule has 0 spiro atoms. The third-order valence-corrected chi connectivity index (χ3v) is 4.80. The molecule has 0 aromatic carbocycles. The van der Waals surface area contributed by atoms with Crippen molar-refractivity contribution in [3.63, 3.8) is 0 Å². The zero-order valence-electron chi connectivity index (χ0n) is 16.6. The summed E-state index contributed by atoms with van der Waals surface area (Å²) in [6.07, 6.45) is 4.59. The monoisotopic (exact) mass is 347 g/mol. The van der Waals surface area contributed by atoms with Gasteiger partial charge >= 0.3 is 6.09 Å². The Kier molecular flexibility index (Phi) is 6.44. The molecular weight excluding hydrogens is 314 g/mol. The van der Waals surface area contributed by atoms with Crippen LogP contribution in [0, 0.1) is 0 Å². The van der Waals surface area contributed by atoms with Crippen LogP contribution < -0.4 is 4.90 Å². The number of likely N-dealkylation sites (tertiary alicyclic amines) is 1. The molecule has 0 unspecified atom stereocenters. The van der Waals surface area contributed by atoms with E-state index >= 15 is 0 Å². The van der Waals surface area contributed by atoms with Gasteiger partial charge in [-0.2, -0.15) is 0 Å². The minimum absolute atomic E-state index is 0.0278. The summed E-state index contributed by atoms with van der Waals surface area (Å²) in [4.78, 5) is 21.7. The van der Waals surface area contributed by atoms with Crippen LogP contribution in [0.3, 0.4) is 0 Å². The molecule has 2 heterocycles. The highest BCUT2D eigenvalue weighted by Gasteiger charge is 2.33. The maximum Gasteiger partial charge on any atom is 0.416 e. The van der Waals surface area contributed by atoms with Crippen LogP contribution in [-0.2, 0) is 4.74 Å². The zero-order valence-corrected chi connectivity index (χ0v) is 16.6. The Morgan fingerprint density at radius 2 is 2.16 bits per heavy atom. The fourth-order valence-electron chi connectivity index (χ4n) is 3.40. The van der Waals surface area contributed by atoms with Gasteiger partial charge in [0.2, 0.25) is 0 Å². The molecule has 25 heavy (non-hydrogen) atoms. The van der Waals surface area contributed by atoms with Crippen molar-refractivity contribution in [2.75, 3.05) is 18.0 Å². The molecule has 1 aromatic rings. The molecule has 2 atom stereocenters. The topological polar surface area (TPSA) is 45.7 Å². The number of anilines is 1. The number of ether oxygens (including phenoxy) is 1. The number of pyridine rings is 1. The van der Waals surface area contributed by atoms with E-state index in [1.165, 1.54) is 6.42 Å². The van der Waals surface area contributed by atoms with E-state index in [-0.39, 0.29) is 12.1 Å². The predicted octanol–water partition coefficient (Wildman–Crippen LogP) is 4.78. The van der Waals surface area contributed by atoms with E-state index in [0.29, 0.717) is 6.04 Å². The average Bonchev–Trinajstić information content (AvgIpc) is 3.02. The second-order valence-electron chi connectivity index (χ2n) is 7.81. The maximum atomic E-state index is 12.9. The van der Waals surface area contributed by atoms with E-state index < -0.39 is 5.60 Å². The Bertz CT molecular complexity index is 583. The lowest BCUT2D eigenvalue weighted by atomic mass is 10.0. The Labute approximate surface area is 152 Å². The van der Waals surface area contributed by atoms with Crippen molar-refractivity contribution in [1.82, 2.24) is 9.88 Å². The van der Waals surface area contributed by atoms with Crippen LogP contribution in [0.1, 0.15) is 72.4 Å². The standard InChI is InChI=1S/C20H33N3O2/c1-7-15(3)23(19(24)25-20(4,5)6)18-16(11-9-13-21-18)17-12-10-14-22(17)8-2/h9,11,13,15,17H,7-8,10,12,14H2,1-6H3/t15-,17-/m0/s1. The number of nitrogens with zero attached hydrogens (tertiary/aromatic N) is 3. The number of rotatable bonds is 5. The molecule has 0 radical (unpaired) electrons. The number of carbonyl (C=O) groups is 1. The fourth-order valence-corrected chi connectivity index (χ4v) is 3.40. The normalized spacial score (nSPS) is 19.7. The largest absolute Gasteiger partial charge is 0.443 e. The summed E-state index contributed by atoms with van der Waals surface area (Å²) in [7, 11) is 0. The summed E-state index contributed by atoms with van der Waals surface area (Å²) < 4.78 is 5.68. The summed E-state index contributed by atoms with van der Waals surface area (Å²) in [5, 5.41) is 0. The lowest BCUT2D eigenvalue weighted by Gasteiger charge is -2.33. The SMILES string of the molecule is CC[C@H](C)N(C(=O)OC(C)(C)C)c1ncccc1[C@@H]1CCCN1CC. The zero-order chi connectivity index (χ0) is 18.6. The third-order valence-electron chi connectivity index (χ3n) is 4.80. The molecule has 2 rings (SSSR count). The van der Waals surface area contributed by atoms with E-state index in [1.807, 2.05) is 26.8 Å². The summed E-state index contributed by atoms with van der Waals surface area (Å²) in [5.74, 6) is 0.747. The number of carbonyl (C=O) groups excluding carboxylic acids is 1. The summed E-state index contributed by atoms with van der Waals surface area (Å²) in [6.45, 7) is 14.1. The van der Waals surface area contributed by atoms with E-state index in [2.05, 4.69) is 36.7 Å². The quantitative estimate of drug-likeness (QED) is 0.769. The molecule has 1 aliphatic rings.